The molecule has 0 fully saturated rings. The molecule has 12 nitrogen and oxygen atoms in total. The number of aryl methyl sites for hydroxylation is 2. The molecular weight excluding hydrogens is 376 g/mol. The number of carbonyl (C=O) groups excluding carboxylic acids is 1. The lowest BCUT2D eigenvalue weighted by atomic mass is 10.1. The maximum absolute atomic E-state index is 11.8. The van der Waals surface area contributed by atoms with Crippen LogP contribution >= 0.6 is 11.5 Å². The maximum Gasteiger partial charge on any atom is 0.366 e. The lowest BCUT2D eigenvalue weighted by Crippen LogP contribution is -1.93. The molecule has 138 valence electrons. The lowest BCUT2D eigenvalue weighted by molar-refractivity contribution is 0.101. The summed E-state index contributed by atoms with van der Waals surface area (Å²) < 4.78 is 8.73. The Morgan fingerprint density at radius 2 is 1.85 bits per heavy atom. The summed E-state index contributed by atoms with van der Waals surface area (Å²) in [5.41, 5.74) is -0.617. The molecule has 0 saturated heterocycles. The number of Topliss-reactive ketones (excluding diaryl/α,β-unsaturated/α-hetero) is 1. The Balaban J connectivity index is 2.05. The number of hydrogen-bond acceptors (Lipinski definition) is 13. The highest BCUT2D eigenvalue weighted by Crippen LogP contribution is 2.46. The molecule has 0 radical (unpaired) electrons. The SMILES string of the molecule is CC(=O)c1cc(/N=N/c2nc(C)no2)c(O)c(/N=N/c2nc(C)ns2)c1O. The first-order valence-corrected chi connectivity index (χ1v) is 8.16. The molecule has 0 unspecified atom stereocenters. The molecule has 2 heterocycles. The number of aromatic hydroxyl groups is 2. The number of hydrogen-bond donors (Lipinski definition) is 2. The van der Waals surface area contributed by atoms with Gasteiger partial charge < -0.3 is 14.7 Å². The second-order valence-corrected chi connectivity index (χ2v) is 5.92. The Morgan fingerprint density at radius 1 is 1.07 bits per heavy atom. The predicted octanol–water partition coefficient (Wildman–Crippen LogP) is 3.98. The number of benzene rings is 1. The van der Waals surface area contributed by atoms with Gasteiger partial charge in [-0.1, -0.05) is 10.3 Å². The zero-order chi connectivity index (χ0) is 19.6. The van der Waals surface area contributed by atoms with Crippen LogP contribution in [0, 0.1) is 13.8 Å². The van der Waals surface area contributed by atoms with Crippen LogP contribution in [0.25, 0.3) is 0 Å². The van der Waals surface area contributed by atoms with E-state index in [9.17, 15) is 15.0 Å². The van der Waals surface area contributed by atoms with Crippen LogP contribution < -0.4 is 0 Å². The molecular formula is C14H12N8O4S. The van der Waals surface area contributed by atoms with Gasteiger partial charge in [-0.2, -0.15) is 9.36 Å². The van der Waals surface area contributed by atoms with E-state index in [0.717, 1.165) is 17.6 Å². The van der Waals surface area contributed by atoms with Crippen LogP contribution in [0.4, 0.5) is 22.5 Å². The van der Waals surface area contributed by atoms with Gasteiger partial charge in [-0.15, -0.1) is 15.3 Å². The van der Waals surface area contributed by atoms with Crippen LogP contribution in [-0.2, 0) is 0 Å². The summed E-state index contributed by atoms with van der Waals surface area (Å²) in [4.78, 5) is 19.6. The summed E-state index contributed by atoms with van der Waals surface area (Å²) in [6.45, 7) is 4.52. The highest BCUT2D eigenvalue weighted by atomic mass is 32.1. The van der Waals surface area contributed by atoms with Gasteiger partial charge in [0.05, 0.1) is 5.56 Å². The minimum Gasteiger partial charge on any atom is -0.505 e. The van der Waals surface area contributed by atoms with E-state index >= 15 is 0 Å². The molecule has 13 heteroatoms. The van der Waals surface area contributed by atoms with E-state index < -0.39 is 17.3 Å². The number of rotatable bonds is 5. The third-order valence-corrected chi connectivity index (χ3v) is 3.81. The van der Waals surface area contributed by atoms with Crippen molar-refractivity contribution < 1.29 is 19.5 Å². The van der Waals surface area contributed by atoms with Crippen molar-refractivity contribution in [3.05, 3.63) is 23.3 Å². The fraction of sp³-hybridized carbons (Fsp3) is 0.214. The van der Waals surface area contributed by atoms with Crippen LogP contribution in [0.2, 0.25) is 0 Å². The summed E-state index contributed by atoms with van der Waals surface area (Å²) in [6.07, 6.45) is 0. The molecule has 3 aromatic rings. The van der Waals surface area contributed by atoms with E-state index in [4.69, 9.17) is 4.52 Å². The summed E-state index contributed by atoms with van der Waals surface area (Å²) in [6, 6.07) is 1.02. The van der Waals surface area contributed by atoms with E-state index in [1.807, 2.05) is 0 Å². The number of azo groups is 2. The molecule has 2 aromatic heterocycles. The monoisotopic (exact) mass is 388 g/mol. The van der Waals surface area contributed by atoms with Crippen molar-refractivity contribution >= 4 is 39.8 Å². The van der Waals surface area contributed by atoms with Crippen molar-refractivity contribution in [2.75, 3.05) is 0 Å². The fourth-order valence-corrected chi connectivity index (χ4v) is 2.42. The minimum atomic E-state index is -0.544. The van der Waals surface area contributed by atoms with Crippen molar-refractivity contribution in [3.63, 3.8) is 0 Å². The third-order valence-electron chi connectivity index (χ3n) is 3.12. The molecule has 0 atom stereocenters. The average molecular weight is 388 g/mol. The number of phenolic OH excluding ortho intramolecular Hbond substituents is 2. The average Bonchev–Trinajstić information content (AvgIpc) is 3.22. The molecule has 0 bridgehead atoms. The molecule has 27 heavy (non-hydrogen) atoms. The van der Waals surface area contributed by atoms with E-state index in [1.165, 1.54) is 6.92 Å². The summed E-state index contributed by atoms with van der Waals surface area (Å²) >= 11 is 0.984. The zero-order valence-corrected chi connectivity index (χ0v) is 15.1. The Bertz CT molecular complexity index is 1070. The van der Waals surface area contributed by atoms with Gasteiger partial charge in [0.25, 0.3) is 0 Å². The van der Waals surface area contributed by atoms with Gasteiger partial charge in [0.2, 0.25) is 5.13 Å². The Hall–Kier alpha value is -3.61. The third kappa shape index (κ3) is 3.98. The number of carbonyl (C=O) groups is 1. The molecule has 0 aliphatic carbocycles. The first kappa shape index (κ1) is 18.2. The zero-order valence-electron chi connectivity index (χ0n) is 14.3. The standard InChI is InChI=1S/C14H12N8O4S/c1-5(23)8-4-9(17-19-13-15-6(2)21-26-13)12(25)10(11(8)24)18-20-14-16-7(3)22-27-14/h4,24-25H,1-3H3/b19-17+,20-18+. The smallest absolute Gasteiger partial charge is 0.366 e. The quantitative estimate of drug-likeness (QED) is 0.487. The second kappa shape index (κ2) is 7.33. The van der Waals surface area contributed by atoms with Crippen molar-refractivity contribution in [3.8, 4) is 11.5 Å². The van der Waals surface area contributed by atoms with Gasteiger partial charge in [0, 0.05) is 11.5 Å². The van der Waals surface area contributed by atoms with Gasteiger partial charge in [0.1, 0.15) is 11.5 Å². The highest BCUT2D eigenvalue weighted by Gasteiger charge is 2.20. The molecule has 0 saturated carbocycles. The number of nitrogens with zero attached hydrogens (tertiary/aromatic N) is 8. The summed E-state index contributed by atoms with van der Waals surface area (Å²) in [5, 5.41) is 39.4. The maximum atomic E-state index is 11.8. The molecule has 0 aliphatic heterocycles. The van der Waals surface area contributed by atoms with Crippen LogP contribution in [-0.4, -0.2) is 35.5 Å². The minimum absolute atomic E-state index is 0.120. The van der Waals surface area contributed by atoms with Crippen molar-refractivity contribution in [1.82, 2.24) is 19.5 Å². The van der Waals surface area contributed by atoms with Gasteiger partial charge >= 0.3 is 6.01 Å². The summed E-state index contributed by atoms with van der Waals surface area (Å²) in [7, 11) is 0. The molecule has 0 aliphatic rings. The number of ketones is 1. The largest absolute Gasteiger partial charge is 0.505 e. The van der Waals surface area contributed by atoms with Crippen molar-refractivity contribution in [2.45, 2.75) is 20.8 Å². The lowest BCUT2D eigenvalue weighted by Gasteiger charge is -2.07. The predicted molar refractivity (Wildman–Crippen MR) is 91.8 cm³/mol. The molecule has 2 N–H and O–H groups in total. The first-order valence-electron chi connectivity index (χ1n) is 7.39. The van der Waals surface area contributed by atoms with Crippen LogP contribution in [0.15, 0.2) is 31.0 Å². The van der Waals surface area contributed by atoms with E-state index in [2.05, 4.69) is 40.0 Å². The molecule has 1 aromatic carbocycles. The van der Waals surface area contributed by atoms with E-state index in [1.54, 1.807) is 13.8 Å². The Morgan fingerprint density at radius 3 is 2.44 bits per heavy atom. The fourth-order valence-electron chi connectivity index (χ4n) is 1.92. The van der Waals surface area contributed by atoms with Crippen molar-refractivity contribution in [1.29, 1.82) is 0 Å². The number of aromatic nitrogens is 4. The topological polar surface area (TPSA) is 172 Å². The first-order chi connectivity index (χ1) is 12.8. The van der Waals surface area contributed by atoms with Gasteiger partial charge in [-0.25, -0.2) is 4.98 Å². The molecule has 0 spiro atoms. The van der Waals surface area contributed by atoms with Crippen molar-refractivity contribution in [2.24, 2.45) is 20.5 Å². The molecule has 3 rings (SSSR count). The molecule has 0 amide bonds. The Kier molecular flexibility index (Phi) is 4.94. The van der Waals surface area contributed by atoms with E-state index in [-0.39, 0.29) is 28.1 Å². The van der Waals surface area contributed by atoms with Gasteiger partial charge in [0.15, 0.2) is 28.8 Å². The van der Waals surface area contributed by atoms with Gasteiger partial charge in [-0.05, 0) is 26.8 Å². The van der Waals surface area contributed by atoms with Crippen LogP contribution in [0.3, 0.4) is 0 Å². The highest BCUT2D eigenvalue weighted by molar-refractivity contribution is 7.09. The Labute approximate surface area is 155 Å². The van der Waals surface area contributed by atoms with Gasteiger partial charge in [-0.3, -0.25) is 4.79 Å². The van der Waals surface area contributed by atoms with Crippen LogP contribution in [0.5, 0.6) is 11.5 Å². The number of phenols is 2. The normalized spacial score (nSPS) is 11.7. The summed E-state index contributed by atoms with van der Waals surface area (Å²) in [5.74, 6) is -0.699. The van der Waals surface area contributed by atoms with E-state index in [0.29, 0.717) is 11.6 Å². The second-order valence-electron chi connectivity index (χ2n) is 5.19. The van der Waals surface area contributed by atoms with Crippen LogP contribution in [0.1, 0.15) is 28.9 Å².